The predicted octanol–water partition coefficient (Wildman–Crippen LogP) is 3.96. The Morgan fingerprint density at radius 2 is 1.90 bits per heavy atom. The molecule has 2 amide bonds. The molecule has 0 unspecified atom stereocenters. The Balaban J connectivity index is 1.70. The molecule has 0 atom stereocenters. The van der Waals surface area contributed by atoms with E-state index in [9.17, 15) is 9.59 Å². The van der Waals surface area contributed by atoms with E-state index in [1.807, 2.05) is 39.1 Å². The summed E-state index contributed by atoms with van der Waals surface area (Å²) in [7, 11) is 1.85. The molecule has 5 nitrogen and oxygen atoms in total. The van der Waals surface area contributed by atoms with Gasteiger partial charge in [0.1, 0.15) is 0 Å². The van der Waals surface area contributed by atoms with Crippen LogP contribution in [0.3, 0.4) is 0 Å². The van der Waals surface area contributed by atoms with Crippen molar-refractivity contribution in [2.45, 2.75) is 44.2 Å². The second kappa shape index (κ2) is 10.0. The number of likely N-dealkylation sites (N-methyl/N-ethyl adjacent to an activating group) is 1. The molecule has 2 aromatic rings. The Labute approximate surface area is 183 Å². The van der Waals surface area contributed by atoms with Gasteiger partial charge in [0.05, 0.1) is 6.54 Å². The average molecular weight is 426 g/mol. The molecule has 0 spiro atoms. The third kappa shape index (κ3) is 5.36. The van der Waals surface area contributed by atoms with Crippen LogP contribution in [-0.4, -0.2) is 49.1 Å². The number of anilines is 1. The molecule has 0 bridgehead atoms. The Bertz CT molecular complexity index is 896. The van der Waals surface area contributed by atoms with Gasteiger partial charge in [-0.3, -0.25) is 9.59 Å². The van der Waals surface area contributed by atoms with E-state index in [-0.39, 0.29) is 17.9 Å². The van der Waals surface area contributed by atoms with Crippen molar-refractivity contribution in [3.8, 4) is 0 Å². The monoisotopic (exact) mass is 425 g/mol. The van der Waals surface area contributed by atoms with Crippen LogP contribution < -0.4 is 10.2 Å². The summed E-state index contributed by atoms with van der Waals surface area (Å²) in [5.74, 6) is 0.0367. The van der Waals surface area contributed by atoms with Crippen LogP contribution in [0.1, 0.15) is 41.8 Å². The van der Waals surface area contributed by atoms with Gasteiger partial charge in [0.2, 0.25) is 5.91 Å². The molecule has 0 saturated heterocycles. The van der Waals surface area contributed by atoms with Crippen molar-refractivity contribution in [1.82, 2.24) is 10.2 Å². The summed E-state index contributed by atoms with van der Waals surface area (Å²) in [4.78, 5) is 30.6. The maximum Gasteiger partial charge on any atom is 0.251 e. The number of nitrogens with zero attached hydrogens (tertiary/aromatic N) is 2. The van der Waals surface area contributed by atoms with E-state index in [1.54, 1.807) is 16.7 Å². The maximum absolute atomic E-state index is 12.9. The quantitative estimate of drug-likeness (QED) is 0.683. The average Bonchev–Trinajstić information content (AvgIpc) is 2.73. The lowest BCUT2D eigenvalue weighted by atomic mass is 9.95. The third-order valence-corrected chi connectivity index (χ3v) is 6.09. The number of carbonyl (C=O) groups is 2. The fourth-order valence-electron chi connectivity index (χ4n) is 3.79. The molecule has 0 fully saturated rings. The van der Waals surface area contributed by atoms with Crippen molar-refractivity contribution < 1.29 is 9.59 Å². The normalized spacial score (nSPS) is 13.2. The molecule has 160 valence electrons. The number of hydrogen-bond donors (Lipinski definition) is 1. The Morgan fingerprint density at radius 3 is 2.57 bits per heavy atom. The van der Waals surface area contributed by atoms with Gasteiger partial charge in [0.15, 0.2) is 0 Å². The number of rotatable bonds is 7. The van der Waals surface area contributed by atoms with Crippen LogP contribution in [0, 0.1) is 0 Å². The summed E-state index contributed by atoms with van der Waals surface area (Å²) < 4.78 is 0. The molecule has 0 radical (unpaired) electrons. The smallest absolute Gasteiger partial charge is 0.251 e. The van der Waals surface area contributed by atoms with Crippen molar-refractivity contribution in [2.75, 3.05) is 31.3 Å². The van der Waals surface area contributed by atoms with E-state index >= 15 is 0 Å². The fourth-order valence-corrected chi connectivity index (χ4v) is 4.20. The van der Waals surface area contributed by atoms with Crippen molar-refractivity contribution in [3.63, 3.8) is 0 Å². The van der Waals surface area contributed by atoms with Crippen LogP contribution in [0.4, 0.5) is 5.69 Å². The van der Waals surface area contributed by atoms with Gasteiger partial charge in [-0.2, -0.15) is 0 Å². The molecule has 1 aliphatic heterocycles. The molecule has 2 aromatic carbocycles. The second-order valence-electron chi connectivity index (χ2n) is 8.05. The molecular formula is C24H31N3O2S. The first-order chi connectivity index (χ1) is 14.4. The highest BCUT2D eigenvalue weighted by Crippen LogP contribution is 2.30. The minimum absolute atomic E-state index is 0.0409. The zero-order valence-electron chi connectivity index (χ0n) is 18.3. The van der Waals surface area contributed by atoms with Gasteiger partial charge >= 0.3 is 0 Å². The lowest BCUT2D eigenvalue weighted by Crippen LogP contribution is -2.41. The minimum atomic E-state index is -0.0409. The van der Waals surface area contributed by atoms with E-state index in [0.717, 1.165) is 41.8 Å². The predicted molar refractivity (Wildman–Crippen MR) is 124 cm³/mol. The van der Waals surface area contributed by atoms with Crippen LogP contribution in [0.15, 0.2) is 47.4 Å². The summed E-state index contributed by atoms with van der Waals surface area (Å²) >= 11 is 1.71. The van der Waals surface area contributed by atoms with E-state index < -0.39 is 0 Å². The molecule has 3 rings (SSSR count). The number of benzene rings is 2. The lowest BCUT2D eigenvalue weighted by Gasteiger charge is -2.33. The van der Waals surface area contributed by atoms with Gasteiger partial charge in [-0.15, -0.1) is 11.8 Å². The third-order valence-electron chi connectivity index (χ3n) is 5.34. The molecule has 0 saturated carbocycles. The van der Waals surface area contributed by atoms with Gasteiger partial charge in [-0.05, 0) is 68.3 Å². The van der Waals surface area contributed by atoms with Crippen LogP contribution in [0.5, 0.6) is 0 Å². The first-order valence-corrected chi connectivity index (χ1v) is 11.7. The minimum Gasteiger partial charge on any atom is -0.362 e. The molecule has 1 N–H and O–H groups in total. The van der Waals surface area contributed by atoms with Crippen molar-refractivity contribution in [2.24, 2.45) is 0 Å². The highest BCUT2D eigenvalue weighted by atomic mass is 32.2. The number of fused-ring (bicyclic) bond motifs is 1. The summed E-state index contributed by atoms with van der Waals surface area (Å²) in [6, 6.07) is 14.2. The molecule has 6 heteroatoms. The molecular weight excluding hydrogens is 394 g/mol. The van der Waals surface area contributed by atoms with E-state index in [1.165, 1.54) is 4.90 Å². The Kier molecular flexibility index (Phi) is 7.43. The van der Waals surface area contributed by atoms with Crippen LogP contribution in [0.25, 0.3) is 0 Å². The summed E-state index contributed by atoms with van der Waals surface area (Å²) in [6.07, 6.45) is 3.85. The number of amides is 2. The van der Waals surface area contributed by atoms with E-state index in [2.05, 4.69) is 40.7 Å². The highest BCUT2D eigenvalue weighted by molar-refractivity contribution is 7.98. The van der Waals surface area contributed by atoms with Gasteiger partial charge in [-0.25, -0.2) is 0 Å². The fraction of sp³-hybridized carbons (Fsp3) is 0.417. The van der Waals surface area contributed by atoms with E-state index in [0.29, 0.717) is 13.1 Å². The topological polar surface area (TPSA) is 52.7 Å². The lowest BCUT2D eigenvalue weighted by molar-refractivity contribution is -0.129. The number of hydrogen-bond acceptors (Lipinski definition) is 4. The molecule has 1 aliphatic rings. The first kappa shape index (κ1) is 22.2. The summed E-state index contributed by atoms with van der Waals surface area (Å²) in [5.41, 5.74) is 3.89. The molecule has 1 heterocycles. The van der Waals surface area contributed by atoms with Gasteiger partial charge in [0.25, 0.3) is 5.91 Å². The largest absolute Gasteiger partial charge is 0.362 e. The van der Waals surface area contributed by atoms with Gasteiger partial charge in [0, 0.05) is 42.3 Å². The second-order valence-corrected chi connectivity index (χ2v) is 8.93. The van der Waals surface area contributed by atoms with Gasteiger partial charge < -0.3 is 15.1 Å². The van der Waals surface area contributed by atoms with Crippen molar-refractivity contribution in [1.29, 1.82) is 0 Å². The SMILES string of the molecule is CSc1ccc(CN(C)C(=O)CN2CCCc3c(C(=O)NC(C)C)cccc32)cc1. The van der Waals surface area contributed by atoms with Gasteiger partial charge in [-0.1, -0.05) is 18.2 Å². The molecule has 0 aromatic heterocycles. The number of nitrogens with one attached hydrogen (secondary N) is 1. The van der Waals surface area contributed by atoms with Crippen LogP contribution in [-0.2, 0) is 17.8 Å². The van der Waals surface area contributed by atoms with Crippen LogP contribution in [0.2, 0.25) is 0 Å². The Hall–Kier alpha value is -2.47. The molecule has 0 aliphatic carbocycles. The molecule has 30 heavy (non-hydrogen) atoms. The highest BCUT2D eigenvalue weighted by Gasteiger charge is 2.24. The zero-order valence-corrected chi connectivity index (χ0v) is 19.1. The zero-order chi connectivity index (χ0) is 21.7. The number of carbonyl (C=O) groups excluding carboxylic acids is 2. The van der Waals surface area contributed by atoms with E-state index in [4.69, 9.17) is 0 Å². The number of thioether (sulfide) groups is 1. The summed E-state index contributed by atoms with van der Waals surface area (Å²) in [5, 5.41) is 2.98. The van der Waals surface area contributed by atoms with Crippen LogP contribution >= 0.6 is 11.8 Å². The van der Waals surface area contributed by atoms with Crippen molar-refractivity contribution >= 4 is 29.3 Å². The summed E-state index contributed by atoms with van der Waals surface area (Å²) in [6.45, 7) is 5.66. The first-order valence-electron chi connectivity index (χ1n) is 10.4. The maximum atomic E-state index is 12.9. The van der Waals surface area contributed by atoms with Crippen molar-refractivity contribution in [3.05, 3.63) is 59.2 Å². The standard InChI is InChI=1S/C24H31N3O2S/c1-17(2)25-24(29)21-7-5-9-22-20(21)8-6-14-27(22)16-23(28)26(3)15-18-10-12-19(30-4)13-11-18/h5,7,9-13,17H,6,8,14-16H2,1-4H3,(H,25,29). The Morgan fingerprint density at radius 1 is 1.17 bits per heavy atom.